The van der Waals surface area contributed by atoms with Crippen LogP contribution >= 0.6 is 21.6 Å². The Hall–Kier alpha value is -9.16. The molecule has 0 saturated carbocycles. The van der Waals surface area contributed by atoms with Gasteiger partial charge in [0, 0.05) is 115 Å². The van der Waals surface area contributed by atoms with Crippen molar-refractivity contribution in [1.82, 2.24) is 56.7 Å². The van der Waals surface area contributed by atoms with E-state index in [0.717, 1.165) is 10.8 Å². The van der Waals surface area contributed by atoms with Crippen molar-refractivity contribution in [2.75, 3.05) is 31.1 Å². The Bertz CT molecular complexity index is 3660. The molecule has 490 valence electrons. The molecule has 6 aromatic rings. The number of hydrogen-bond acceptors (Lipinski definition) is 16. The number of benzene rings is 3. The van der Waals surface area contributed by atoms with Gasteiger partial charge in [0.05, 0.1) is 31.3 Å². The fourth-order valence-electron chi connectivity index (χ4n) is 11.2. The van der Waals surface area contributed by atoms with Crippen LogP contribution in [-0.4, -0.2) is 167 Å². The molecule has 2 saturated heterocycles. The van der Waals surface area contributed by atoms with Gasteiger partial charge < -0.3 is 73.4 Å². The Morgan fingerprint density at radius 2 is 1.33 bits per heavy atom. The number of halogens is 2. The highest BCUT2D eigenvalue weighted by Gasteiger charge is 2.41. The second-order valence-corrected chi connectivity index (χ2v) is 25.4. The number of ketones is 2. The number of aromatic amines is 3. The Morgan fingerprint density at radius 1 is 0.685 bits per heavy atom. The first-order chi connectivity index (χ1) is 44.1. The number of nitrogens with zero attached hydrogens (tertiary/aromatic N) is 2. The number of amides is 8. The van der Waals surface area contributed by atoms with Gasteiger partial charge in [-0.05, 0) is 97.4 Å². The van der Waals surface area contributed by atoms with Gasteiger partial charge in [-0.1, -0.05) is 40.1 Å². The van der Waals surface area contributed by atoms with E-state index in [-0.39, 0.29) is 85.8 Å². The van der Waals surface area contributed by atoms with E-state index in [4.69, 9.17) is 11.5 Å². The number of phenols is 1. The van der Waals surface area contributed by atoms with Crippen molar-refractivity contribution in [2.24, 2.45) is 23.3 Å². The number of carboxylic acid groups (broad SMARTS) is 1. The molecular weight excluding hydrogens is 1240 g/mol. The van der Waals surface area contributed by atoms with E-state index in [1.165, 1.54) is 101 Å². The van der Waals surface area contributed by atoms with Gasteiger partial charge in [-0.15, -0.1) is 0 Å². The molecule has 0 radical (unpaired) electrons. The Labute approximate surface area is 533 Å². The predicted octanol–water partition coefficient (Wildman–Crippen LogP) is 2.18. The van der Waals surface area contributed by atoms with E-state index in [1.807, 2.05) is 0 Å². The molecule has 5 heterocycles. The first-order valence-corrected chi connectivity index (χ1v) is 32.5. The average molecular weight is 1310 g/mol. The smallest absolute Gasteiger partial charge is 0.304 e. The van der Waals surface area contributed by atoms with Crippen LogP contribution in [0.15, 0.2) is 85.6 Å². The van der Waals surface area contributed by atoms with Gasteiger partial charge in [-0.2, -0.15) is 0 Å². The van der Waals surface area contributed by atoms with Gasteiger partial charge in [-0.3, -0.25) is 52.7 Å². The lowest BCUT2D eigenvalue weighted by Gasteiger charge is -2.31. The van der Waals surface area contributed by atoms with Crippen LogP contribution in [0.5, 0.6) is 5.75 Å². The van der Waals surface area contributed by atoms with Gasteiger partial charge in [0.25, 0.3) is 0 Å². The summed E-state index contributed by atoms with van der Waals surface area (Å²) in [4.78, 5) is 170. The third-order valence-electron chi connectivity index (χ3n) is 16.1. The minimum Gasteiger partial charge on any atom is -0.508 e. The fourth-order valence-corrected chi connectivity index (χ4v) is 13.4. The molecule has 3 aromatic carbocycles. The summed E-state index contributed by atoms with van der Waals surface area (Å²) in [6, 6.07) is 4.64. The molecule has 2 fully saturated rings. The number of hydrogen-bond donors (Lipinski definition) is 13. The molecule has 15 N–H and O–H groups in total. The molecule has 26 nitrogen and oxygen atoms in total. The van der Waals surface area contributed by atoms with Gasteiger partial charge in [0.2, 0.25) is 47.3 Å². The molecule has 8 rings (SSSR count). The maximum Gasteiger partial charge on any atom is 0.304 e. The highest BCUT2D eigenvalue weighted by Crippen LogP contribution is 2.28. The number of carbonyl (C=O) groups is 11. The zero-order valence-electron chi connectivity index (χ0n) is 49.9. The topological polar surface area (TPSA) is 416 Å². The van der Waals surface area contributed by atoms with E-state index in [1.54, 1.807) is 0 Å². The van der Waals surface area contributed by atoms with Gasteiger partial charge in [0.1, 0.15) is 53.4 Å². The first-order valence-electron chi connectivity index (χ1n) is 30.0. The second-order valence-electron chi connectivity index (χ2n) is 22.8. The molecule has 0 aliphatic carbocycles. The highest BCUT2D eigenvalue weighted by molar-refractivity contribution is 8.76. The zero-order valence-corrected chi connectivity index (χ0v) is 51.6. The number of primary amides is 1. The number of nitrogens with one attached hydrogen (secondary N) is 9. The SMILES string of the molecule is NCCCC[C@@H]1CC(=O)CCSSC[C@@H](C(N)=O)NC(=O)[C@@H]2CCCN2C(=O)[C@H](Cc2ccc(O)cc2)NC(=O)[C@H](Cc2cnc[nH]2)NC(=O)[C@H](CC(=O)O)CC(=O)[C@H](Cc2c[nH]c3ccc(F)cc23)NC(=O)[C@H](Cc2c[nH]c3ccc(F)cc23)NC(=O)CNC1=O. The molecule has 92 heavy (non-hydrogen) atoms. The van der Waals surface area contributed by atoms with Crippen LogP contribution in [0.2, 0.25) is 0 Å². The lowest BCUT2D eigenvalue weighted by atomic mass is 9.91. The van der Waals surface area contributed by atoms with Gasteiger partial charge in [-0.25, -0.2) is 13.8 Å². The Balaban J connectivity index is 1.15. The lowest BCUT2D eigenvalue weighted by Crippen LogP contribution is -2.59. The number of aromatic hydroxyl groups is 1. The van der Waals surface area contributed by atoms with Gasteiger partial charge in [0.15, 0.2) is 5.78 Å². The van der Waals surface area contributed by atoms with Crippen molar-refractivity contribution in [3.05, 3.63) is 120 Å². The summed E-state index contributed by atoms with van der Waals surface area (Å²) >= 11 is 0. The molecule has 0 unspecified atom stereocenters. The van der Waals surface area contributed by atoms with E-state index >= 15 is 4.79 Å². The maximum atomic E-state index is 15.0. The van der Waals surface area contributed by atoms with Gasteiger partial charge >= 0.3 is 5.97 Å². The second kappa shape index (κ2) is 32.7. The summed E-state index contributed by atoms with van der Waals surface area (Å²) in [5.41, 5.74) is 13.8. The predicted molar refractivity (Wildman–Crippen MR) is 336 cm³/mol. The highest BCUT2D eigenvalue weighted by atomic mass is 33.1. The van der Waals surface area contributed by atoms with Crippen molar-refractivity contribution >= 4 is 108 Å². The number of carboxylic acids is 1. The summed E-state index contributed by atoms with van der Waals surface area (Å²) in [5.74, 6) is -13.7. The number of H-pyrrole nitrogens is 3. The Kier molecular flexibility index (Phi) is 24.5. The molecule has 2 aliphatic rings. The van der Waals surface area contributed by atoms with E-state index in [0.29, 0.717) is 58.7 Å². The van der Waals surface area contributed by atoms with Crippen molar-refractivity contribution in [1.29, 1.82) is 0 Å². The Morgan fingerprint density at radius 3 is 1.96 bits per heavy atom. The first kappa shape index (κ1) is 68.7. The number of Topliss-reactive ketones (excluding diaryl/α,β-unsaturated/α-hetero) is 2. The number of carbonyl (C=O) groups excluding carboxylic acids is 10. The molecule has 30 heteroatoms. The molecule has 3 aromatic heterocycles. The molecule has 0 spiro atoms. The number of fused-ring (bicyclic) bond motifs is 3. The molecular formula is C62H73F2N13O13S2. The van der Waals surface area contributed by atoms with Crippen LogP contribution in [-0.2, 0) is 78.4 Å². The fraction of sp³-hybridized carbons (Fsp3) is 0.419. The summed E-state index contributed by atoms with van der Waals surface area (Å²) in [6.07, 6.45) is 3.80. The lowest BCUT2D eigenvalue weighted by molar-refractivity contribution is -0.143. The number of unbranched alkanes of at least 4 members (excludes halogenated alkanes) is 1. The van der Waals surface area contributed by atoms with Crippen molar-refractivity contribution < 1.29 is 71.7 Å². The summed E-state index contributed by atoms with van der Waals surface area (Å²) in [5, 5.41) is 36.8. The average Bonchev–Trinajstić information content (AvgIpc) is 1.86. The van der Waals surface area contributed by atoms with Crippen LogP contribution in [0.3, 0.4) is 0 Å². The van der Waals surface area contributed by atoms with Crippen LogP contribution in [0.4, 0.5) is 8.78 Å². The van der Waals surface area contributed by atoms with Crippen LogP contribution < -0.4 is 43.4 Å². The van der Waals surface area contributed by atoms with E-state index < -0.39 is 145 Å². The number of nitrogens with two attached hydrogens (primary N) is 2. The maximum absolute atomic E-state index is 15.0. The molecule has 0 bridgehead atoms. The van der Waals surface area contributed by atoms with Crippen LogP contribution in [0.1, 0.15) is 80.2 Å². The van der Waals surface area contributed by atoms with Crippen LogP contribution in [0.25, 0.3) is 21.8 Å². The van der Waals surface area contributed by atoms with Crippen molar-refractivity contribution in [3.63, 3.8) is 0 Å². The summed E-state index contributed by atoms with van der Waals surface area (Å²) < 4.78 is 29.7. The number of imidazole rings is 1. The van der Waals surface area contributed by atoms with E-state index in [9.17, 15) is 66.9 Å². The normalized spacial score (nSPS) is 22.9. The van der Waals surface area contributed by atoms with Crippen LogP contribution in [0, 0.1) is 23.5 Å². The number of aliphatic carboxylic acids is 1. The quantitative estimate of drug-likeness (QED) is 0.0518. The monoisotopic (exact) mass is 1310 g/mol. The minimum absolute atomic E-state index is 0.0147. The molecule has 2 aliphatic heterocycles. The summed E-state index contributed by atoms with van der Waals surface area (Å²) in [7, 11) is 2.35. The number of aromatic nitrogens is 4. The number of phenolic OH excluding ortho intramolecular Hbond substituents is 1. The van der Waals surface area contributed by atoms with Crippen molar-refractivity contribution in [3.8, 4) is 5.75 Å². The summed E-state index contributed by atoms with van der Waals surface area (Å²) in [6.45, 7) is -0.373. The number of rotatable bonds is 15. The van der Waals surface area contributed by atoms with E-state index in [2.05, 4.69) is 51.8 Å². The third-order valence-corrected chi connectivity index (χ3v) is 18.5. The molecule has 8 atom stereocenters. The largest absolute Gasteiger partial charge is 0.508 e. The van der Waals surface area contributed by atoms with Crippen molar-refractivity contribution in [2.45, 2.75) is 120 Å². The molecule has 8 amide bonds. The third kappa shape index (κ3) is 19.2. The zero-order chi connectivity index (χ0) is 66.0. The minimum atomic E-state index is -1.78. The standard InChI is InChI=1S/C62H73F2N13O13S2/c63-38-8-12-45-43(24-38)36(27-68-45)20-47-53(80)22-35(23-55(82)83)58(86)74-49(26-40-29-67-32-71-40)60(88)75-50(18-33-6-10-41(78)11-7-33)62(90)77-16-3-5-52(77)61(89)76-51(56(66)84)31-92-91-17-14-42(79)19-34(4-1-2-15-65)57(85)70-30-54(81)72-48(59(87)73-47)21-37-28-69-46-13-9-39(64)25-44(37)46/h6-13,24-25,27-29,32,34-35,47-52,68-69,78H,1-5,14-23,26,30-31,65H2,(H2,66,84)(H,67,71)(H,70,85)(H,72,81)(H,73,87)(H,74,86)(H,75,88)(H,76,89)(H,82,83)/t34-,35+,47+,48+,49+,50+,51+,52+/m1/s1.